The van der Waals surface area contributed by atoms with E-state index in [1.807, 2.05) is 0 Å². The van der Waals surface area contributed by atoms with Gasteiger partial charge in [0.1, 0.15) is 5.54 Å². The first-order valence-electron chi connectivity index (χ1n) is 4.01. The van der Waals surface area contributed by atoms with Crippen molar-refractivity contribution in [2.75, 3.05) is 13.6 Å². The minimum atomic E-state index is -0.963. The molecule has 0 spiro atoms. The molecule has 0 saturated heterocycles. The molecule has 13 heavy (non-hydrogen) atoms. The maximum Gasteiger partial charge on any atom is 0.323 e. The molecule has 0 radical (unpaired) electrons. The van der Waals surface area contributed by atoms with Crippen molar-refractivity contribution in [1.82, 2.24) is 4.90 Å². The van der Waals surface area contributed by atoms with Crippen LogP contribution in [0.3, 0.4) is 0 Å². The summed E-state index contributed by atoms with van der Waals surface area (Å²) in [6, 6.07) is 0. The molecule has 0 aliphatic rings. The smallest absolute Gasteiger partial charge is 0.323 e. The molecule has 0 fully saturated rings. The Bertz CT molecular complexity index is 213. The Labute approximate surface area is 77.5 Å². The molecule has 0 heterocycles. The van der Waals surface area contributed by atoms with Gasteiger partial charge in [-0.05, 0) is 20.9 Å². The molecule has 0 aliphatic carbocycles. The predicted molar refractivity (Wildman–Crippen MR) is 48.2 cm³/mol. The topological polar surface area (TPSA) is 83.6 Å². The van der Waals surface area contributed by atoms with Crippen LogP contribution >= 0.6 is 0 Å². The predicted octanol–water partition coefficient (Wildman–Crippen LogP) is -0.343. The van der Waals surface area contributed by atoms with Gasteiger partial charge in [-0.2, -0.15) is 0 Å². The van der Waals surface area contributed by atoms with Gasteiger partial charge < -0.3 is 10.8 Å². The molecule has 5 nitrogen and oxygen atoms in total. The number of carboxylic acids is 1. The van der Waals surface area contributed by atoms with Crippen molar-refractivity contribution in [2.24, 2.45) is 5.73 Å². The van der Waals surface area contributed by atoms with Gasteiger partial charge in [0.05, 0.1) is 0 Å². The number of carbonyl (C=O) groups excluding carboxylic acids is 1. The summed E-state index contributed by atoms with van der Waals surface area (Å²) < 4.78 is 0. The first kappa shape index (κ1) is 11.9. The van der Waals surface area contributed by atoms with Crippen LogP contribution in [0.15, 0.2) is 0 Å². The first-order chi connectivity index (χ1) is 5.78. The highest BCUT2D eigenvalue weighted by Gasteiger charge is 2.31. The molecule has 5 heteroatoms. The third-order valence-corrected chi connectivity index (χ3v) is 2.17. The van der Waals surface area contributed by atoms with Gasteiger partial charge >= 0.3 is 5.97 Å². The lowest BCUT2D eigenvalue weighted by Gasteiger charge is -2.30. The highest BCUT2D eigenvalue weighted by molar-refractivity contribution is 5.78. The Balaban J connectivity index is 4.17. The van der Waals surface area contributed by atoms with E-state index in [-0.39, 0.29) is 6.42 Å². The Kier molecular flexibility index (Phi) is 3.87. The van der Waals surface area contributed by atoms with Crippen LogP contribution in [0, 0.1) is 0 Å². The fraction of sp³-hybridized carbons (Fsp3) is 0.750. The van der Waals surface area contributed by atoms with Crippen LogP contribution in [0.4, 0.5) is 0 Å². The Hall–Kier alpha value is -1.10. The largest absolute Gasteiger partial charge is 0.480 e. The van der Waals surface area contributed by atoms with Gasteiger partial charge in [-0.15, -0.1) is 0 Å². The molecule has 76 valence electrons. The zero-order valence-corrected chi connectivity index (χ0v) is 8.20. The second-order valence-electron chi connectivity index (χ2n) is 3.50. The van der Waals surface area contributed by atoms with Gasteiger partial charge in [-0.3, -0.25) is 14.5 Å². The van der Waals surface area contributed by atoms with Gasteiger partial charge in [0.15, 0.2) is 0 Å². The van der Waals surface area contributed by atoms with Crippen molar-refractivity contribution in [3.8, 4) is 0 Å². The molecule has 0 saturated carbocycles. The number of carbonyl (C=O) groups is 2. The number of hydrogen-bond acceptors (Lipinski definition) is 3. The monoisotopic (exact) mass is 188 g/mol. The molecule has 0 aromatic carbocycles. The van der Waals surface area contributed by atoms with E-state index in [1.54, 1.807) is 25.8 Å². The number of amides is 1. The first-order valence-corrected chi connectivity index (χ1v) is 4.01. The van der Waals surface area contributed by atoms with E-state index in [1.165, 1.54) is 0 Å². The standard InChI is InChI=1S/C8H16N2O3/c1-8(2,7(12)13)10(3)5-4-6(9)11/h4-5H2,1-3H3,(H2,9,11)(H,12,13). The Morgan fingerprint density at radius 2 is 1.92 bits per heavy atom. The summed E-state index contributed by atoms with van der Waals surface area (Å²) in [4.78, 5) is 22.8. The lowest BCUT2D eigenvalue weighted by molar-refractivity contribution is -0.148. The van der Waals surface area contributed by atoms with Gasteiger partial charge in [0.2, 0.25) is 5.91 Å². The van der Waals surface area contributed by atoms with E-state index in [0.29, 0.717) is 6.54 Å². The number of nitrogens with zero attached hydrogens (tertiary/aromatic N) is 1. The molecule has 0 rings (SSSR count). The average molecular weight is 188 g/mol. The van der Waals surface area contributed by atoms with E-state index in [0.717, 1.165) is 0 Å². The quantitative estimate of drug-likeness (QED) is 0.618. The zero-order chi connectivity index (χ0) is 10.6. The highest BCUT2D eigenvalue weighted by atomic mass is 16.4. The van der Waals surface area contributed by atoms with Crippen molar-refractivity contribution in [3.63, 3.8) is 0 Å². The van der Waals surface area contributed by atoms with Crippen molar-refractivity contribution < 1.29 is 14.7 Å². The molecule has 0 bridgehead atoms. The summed E-state index contributed by atoms with van der Waals surface area (Å²) in [5, 5.41) is 8.82. The van der Waals surface area contributed by atoms with E-state index in [9.17, 15) is 9.59 Å². The average Bonchev–Trinajstić information content (AvgIpc) is 1.99. The van der Waals surface area contributed by atoms with Gasteiger partial charge in [0.25, 0.3) is 0 Å². The molecule has 0 aromatic rings. The fourth-order valence-corrected chi connectivity index (χ4v) is 0.721. The van der Waals surface area contributed by atoms with E-state index in [2.05, 4.69) is 0 Å². The number of carboxylic acid groups (broad SMARTS) is 1. The number of hydrogen-bond donors (Lipinski definition) is 2. The minimum Gasteiger partial charge on any atom is -0.480 e. The summed E-state index contributed by atoms with van der Waals surface area (Å²) in [5.74, 6) is -1.34. The summed E-state index contributed by atoms with van der Waals surface area (Å²) in [6.07, 6.45) is 0.174. The third-order valence-electron chi connectivity index (χ3n) is 2.17. The van der Waals surface area contributed by atoms with Gasteiger partial charge in [0, 0.05) is 13.0 Å². The molecular formula is C8H16N2O3. The summed E-state index contributed by atoms with van der Waals surface area (Å²) in [6.45, 7) is 3.52. The van der Waals surface area contributed by atoms with Crippen molar-refractivity contribution in [3.05, 3.63) is 0 Å². The molecule has 1 amide bonds. The number of rotatable bonds is 5. The lowest BCUT2D eigenvalue weighted by atomic mass is 10.0. The third kappa shape index (κ3) is 3.42. The van der Waals surface area contributed by atoms with E-state index in [4.69, 9.17) is 10.8 Å². The van der Waals surface area contributed by atoms with E-state index < -0.39 is 17.4 Å². The van der Waals surface area contributed by atoms with Crippen molar-refractivity contribution >= 4 is 11.9 Å². The summed E-state index contributed by atoms with van der Waals surface area (Å²) in [7, 11) is 1.65. The van der Waals surface area contributed by atoms with Crippen molar-refractivity contribution in [1.29, 1.82) is 0 Å². The maximum absolute atomic E-state index is 10.7. The number of nitrogens with two attached hydrogens (primary N) is 1. The number of aliphatic carboxylic acids is 1. The van der Waals surface area contributed by atoms with Crippen LogP contribution in [0.2, 0.25) is 0 Å². The lowest BCUT2D eigenvalue weighted by Crippen LogP contribution is -2.48. The van der Waals surface area contributed by atoms with Crippen LogP contribution in [-0.4, -0.2) is 41.0 Å². The number of likely N-dealkylation sites (N-methyl/N-ethyl adjacent to an activating group) is 1. The Morgan fingerprint density at radius 1 is 1.46 bits per heavy atom. The summed E-state index contributed by atoms with van der Waals surface area (Å²) in [5.41, 5.74) is 3.98. The molecule has 0 aliphatic heterocycles. The second-order valence-corrected chi connectivity index (χ2v) is 3.50. The molecule has 0 atom stereocenters. The Morgan fingerprint density at radius 3 is 2.23 bits per heavy atom. The normalized spacial score (nSPS) is 11.7. The van der Waals surface area contributed by atoms with Crippen LogP contribution in [0.1, 0.15) is 20.3 Å². The molecular weight excluding hydrogens is 172 g/mol. The molecule has 0 unspecified atom stereocenters. The van der Waals surface area contributed by atoms with Crippen LogP contribution in [0.5, 0.6) is 0 Å². The van der Waals surface area contributed by atoms with Crippen LogP contribution in [0.25, 0.3) is 0 Å². The fourth-order valence-electron chi connectivity index (χ4n) is 0.721. The summed E-state index contributed by atoms with van der Waals surface area (Å²) >= 11 is 0. The molecule has 0 aromatic heterocycles. The van der Waals surface area contributed by atoms with E-state index >= 15 is 0 Å². The highest BCUT2D eigenvalue weighted by Crippen LogP contribution is 2.12. The van der Waals surface area contributed by atoms with Crippen LogP contribution < -0.4 is 5.73 Å². The second kappa shape index (κ2) is 4.23. The van der Waals surface area contributed by atoms with Crippen molar-refractivity contribution in [2.45, 2.75) is 25.8 Å². The minimum absolute atomic E-state index is 0.174. The SMILES string of the molecule is CN(CCC(N)=O)C(C)(C)C(=O)O. The van der Waals surface area contributed by atoms with Gasteiger partial charge in [-0.25, -0.2) is 0 Å². The van der Waals surface area contributed by atoms with Crippen LogP contribution in [-0.2, 0) is 9.59 Å². The number of primary amides is 1. The zero-order valence-electron chi connectivity index (χ0n) is 8.20. The molecule has 3 N–H and O–H groups in total. The maximum atomic E-state index is 10.7. The van der Waals surface area contributed by atoms with Gasteiger partial charge in [-0.1, -0.05) is 0 Å².